The maximum absolute atomic E-state index is 4.45. The zero-order chi connectivity index (χ0) is 11.9. The van der Waals surface area contributed by atoms with Gasteiger partial charge in [-0.3, -0.25) is 0 Å². The molecule has 0 amide bonds. The third-order valence-electron chi connectivity index (χ3n) is 3.85. The predicted octanol–water partition coefficient (Wildman–Crippen LogP) is 3.49. The molecule has 0 spiro atoms. The van der Waals surface area contributed by atoms with Gasteiger partial charge in [0.1, 0.15) is 0 Å². The van der Waals surface area contributed by atoms with Crippen LogP contribution in [-0.4, -0.2) is 18.1 Å². The Labute approximate surface area is 109 Å². The molecule has 1 aromatic rings. The van der Waals surface area contributed by atoms with E-state index in [9.17, 15) is 0 Å². The molecule has 2 nitrogen and oxygen atoms in total. The summed E-state index contributed by atoms with van der Waals surface area (Å²) in [6.45, 7) is 4.56. The normalized spacial score (nSPS) is 18.6. The molecule has 1 unspecified atom stereocenters. The first-order valence-electron chi connectivity index (χ1n) is 6.98. The minimum absolute atomic E-state index is 0.797. The molecule has 0 saturated heterocycles. The van der Waals surface area contributed by atoms with E-state index in [1.54, 1.807) is 11.3 Å². The zero-order valence-electron chi connectivity index (χ0n) is 10.8. The number of rotatable bonds is 7. The molecule has 1 aromatic heterocycles. The molecule has 1 N–H and O–H groups in total. The Morgan fingerprint density at radius 1 is 1.47 bits per heavy atom. The number of hydrogen-bond acceptors (Lipinski definition) is 3. The predicted molar refractivity (Wildman–Crippen MR) is 74.4 cm³/mol. The second-order valence-electron chi connectivity index (χ2n) is 5.19. The molecular weight excluding hydrogens is 228 g/mol. The van der Waals surface area contributed by atoms with Gasteiger partial charge in [-0.1, -0.05) is 32.6 Å². The minimum atomic E-state index is 0.797. The van der Waals surface area contributed by atoms with Crippen LogP contribution in [0.1, 0.15) is 44.7 Å². The molecule has 0 bridgehead atoms. The fraction of sp³-hybridized carbons (Fsp3) is 0.786. The SMILES string of the molecule is CCCNCC(Cc1cscn1)C1CCCC1. The lowest BCUT2D eigenvalue weighted by Crippen LogP contribution is -2.29. The van der Waals surface area contributed by atoms with E-state index in [-0.39, 0.29) is 0 Å². The highest BCUT2D eigenvalue weighted by molar-refractivity contribution is 7.07. The molecule has 1 saturated carbocycles. The van der Waals surface area contributed by atoms with Crippen LogP contribution in [0.3, 0.4) is 0 Å². The topological polar surface area (TPSA) is 24.9 Å². The average molecular weight is 252 g/mol. The standard InChI is InChI=1S/C14H24N2S/c1-2-7-15-9-13(12-5-3-4-6-12)8-14-10-17-11-16-14/h10-13,15H,2-9H2,1H3. The van der Waals surface area contributed by atoms with E-state index in [0.29, 0.717) is 0 Å². The van der Waals surface area contributed by atoms with E-state index in [1.165, 1.54) is 50.8 Å². The summed E-state index contributed by atoms with van der Waals surface area (Å²) in [4.78, 5) is 4.45. The fourth-order valence-corrected chi connectivity index (χ4v) is 3.48. The van der Waals surface area contributed by atoms with Gasteiger partial charge < -0.3 is 5.32 Å². The number of thiazole rings is 1. The summed E-state index contributed by atoms with van der Waals surface area (Å²) in [5.41, 5.74) is 3.26. The summed E-state index contributed by atoms with van der Waals surface area (Å²) in [6, 6.07) is 0. The van der Waals surface area contributed by atoms with E-state index in [4.69, 9.17) is 0 Å². The summed E-state index contributed by atoms with van der Waals surface area (Å²) < 4.78 is 0. The monoisotopic (exact) mass is 252 g/mol. The van der Waals surface area contributed by atoms with Crippen molar-refractivity contribution in [2.24, 2.45) is 11.8 Å². The lowest BCUT2D eigenvalue weighted by Gasteiger charge is -2.23. The van der Waals surface area contributed by atoms with Crippen LogP contribution in [0.2, 0.25) is 0 Å². The number of aromatic nitrogens is 1. The summed E-state index contributed by atoms with van der Waals surface area (Å²) in [7, 11) is 0. The molecule has 0 aliphatic heterocycles. The van der Waals surface area contributed by atoms with Crippen molar-refractivity contribution in [3.05, 3.63) is 16.6 Å². The largest absolute Gasteiger partial charge is 0.316 e. The molecular formula is C14H24N2S. The highest BCUT2D eigenvalue weighted by atomic mass is 32.1. The lowest BCUT2D eigenvalue weighted by molar-refractivity contribution is 0.319. The second kappa shape index (κ2) is 7.12. The smallest absolute Gasteiger partial charge is 0.0794 e. The van der Waals surface area contributed by atoms with E-state index < -0.39 is 0 Å². The third-order valence-corrected chi connectivity index (χ3v) is 4.49. The van der Waals surface area contributed by atoms with E-state index >= 15 is 0 Å². The number of hydrogen-bond donors (Lipinski definition) is 1. The van der Waals surface area contributed by atoms with E-state index in [2.05, 4.69) is 22.6 Å². The molecule has 0 radical (unpaired) electrons. The van der Waals surface area contributed by atoms with Gasteiger partial charge in [0.05, 0.1) is 11.2 Å². The molecule has 1 atom stereocenters. The van der Waals surface area contributed by atoms with Crippen LogP contribution in [0.15, 0.2) is 10.9 Å². The molecule has 1 aliphatic rings. The van der Waals surface area contributed by atoms with E-state index in [1.807, 2.05) is 5.51 Å². The maximum atomic E-state index is 4.45. The summed E-state index contributed by atoms with van der Waals surface area (Å²) in [6.07, 6.45) is 8.14. The number of nitrogens with zero attached hydrogens (tertiary/aromatic N) is 1. The summed E-state index contributed by atoms with van der Waals surface area (Å²) in [5.74, 6) is 1.73. The Morgan fingerprint density at radius 2 is 2.29 bits per heavy atom. The highest BCUT2D eigenvalue weighted by Crippen LogP contribution is 2.32. The van der Waals surface area contributed by atoms with Crippen molar-refractivity contribution in [2.45, 2.75) is 45.4 Å². The van der Waals surface area contributed by atoms with Crippen molar-refractivity contribution in [2.75, 3.05) is 13.1 Å². The van der Waals surface area contributed by atoms with Crippen molar-refractivity contribution in [1.82, 2.24) is 10.3 Å². The van der Waals surface area contributed by atoms with Crippen LogP contribution in [0.4, 0.5) is 0 Å². The van der Waals surface area contributed by atoms with Gasteiger partial charge in [-0.2, -0.15) is 0 Å². The lowest BCUT2D eigenvalue weighted by atomic mass is 9.87. The zero-order valence-corrected chi connectivity index (χ0v) is 11.6. The van der Waals surface area contributed by atoms with Crippen LogP contribution in [0.5, 0.6) is 0 Å². The Morgan fingerprint density at radius 3 is 2.94 bits per heavy atom. The molecule has 2 rings (SSSR count). The number of nitrogens with one attached hydrogen (secondary N) is 1. The second-order valence-corrected chi connectivity index (χ2v) is 5.91. The maximum Gasteiger partial charge on any atom is 0.0794 e. The average Bonchev–Trinajstić information content (AvgIpc) is 3.01. The van der Waals surface area contributed by atoms with Gasteiger partial charge in [-0.15, -0.1) is 11.3 Å². The van der Waals surface area contributed by atoms with Crippen LogP contribution in [0.25, 0.3) is 0 Å². The Balaban J connectivity index is 1.86. The Bertz CT molecular complexity index is 291. The van der Waals surface area contributed by atoms with Crippen LogP contribution >= 0.6 is 11.3 Å². The Hall–Kier alpha value is -0.410. The molecule has 17 heavy (non-hydrogen) atoms. The van der Waals surface area contributed by atoms with Gasteiger partial charge in [-0.25, -0.2) is 4.98 Å². The van der Waals surface area contributed by atoms with Crippen molar-refractivity contribution < 1.29 is 0 Å². The van der Waals surface area contributed by atoms with Crippen LogP contribution in [0, 0.1) is 11.8 Å². The van der Waals surface area contributed by atoms with Gasteiger partial charge in [0, 0.05) is 5.38 Å². The first-order chi connectivity index (χ1) is 8.40. The molecule has 1 heterocycles. The van der Waals surface area contributed by atoms with Crippen molar-refractivity contribution in [3.63, 3.8) is 0 Å². The minimum Gasteiger partial charge on any atom is -0.316 e. The van der Waals surface area contributed by atoms with Crippen molar-refractivity contribution in [1.29, 1.82) is 0 Å². The molecule has 96 valence electrons. The van der Waals surface area contributed by atoms with Gasteiger partial charge in [-0.05, 0) is 37.8 Å². The molecule has 1 fully saturated rings. The van der Waals surface area contributed by atoms with Gasteiger partial charge >= 0.3 is 0 Å². The first kappa shape index (κ1) is 13.0. The van der Waals surface area contributed by atoms with Gasteiger partial charge in [0.25, 0.3) is 0 Å². The van der Waals surface area contributed by atoms with Crippen molar-refractivity contribution in [3.8, 4) is 0 Å². The quantitative estimate of drug-likeness (QED) is 0.751. The first-order valence-corrected chi connectivity index (χ1v) is 7.92. The van der Waals surface area contributed by atoms with Crippen LogP contribution in [-0.2, 0) is 6.42 Å². The summed E-state index contributed by atoms with van der Waals surface area (Å²) >= 11 is 1.72. The molecule has 3 heteroatoms. The van der Waals surface area contributed by atoms with Crippen molar-refractivity contribution >= 4 is 11.3 Å². The third kappa shape index (κ3) is 4.07. The Kier molecular flexibility index (Phi) is 5.46. The molecule has 0 aromatic carbocycles. The van der Waals surface area contributed by atoms with Crippen LogP contribution < -0.4 is 5.32 Å². The molecule has 1 aliphatic carbocycles. The van der Waals surface area contributed by atoms with Gasteiger partial charge in [0.2, 0.25) is 0 Å². The fourth-order valence-electron chi connectivity index (χ4n) is 2.91. The van der Waals surface area contributed by atoms with E-state index in [0.717, 1.165) is 18.4 Å². The summed E-state index contributed by atoms with van der Waals surface area (Å²) in [5, 5.41) is 5.81. The highest BCUT2D eigenvalue weighted by Gasteiger charge is 2.25. The van der Waals surface area contributed by atoms with Gasteiger partial charge in [0.15, 0.2) is 0 Å².